The van der Waals surface area contributed by atoms with Crippen molar-refractivity contribution < 1.29 is 9.13 Å². The summed E-state index contributed by atoms with van der Waals surface area (Å²) < 4.78 is 19.3. The third-order valence-electron chi connectivity index (χ3n) is 3.75. The van der Waals surface area contributed by atoms with Gasteiger partial charge in [0.05, 0.1) is 11.1 Å². The van der Waals surface area contributed by atoms with Gasteiger partial charge in [-0.05, 0) is 43.0 Å². The van der Waals surface area contributed by atoms with Crippen LogP contribution in [0.5, 0.6) is 0 Å². The summed E-state index contributed by atoms with van der Waals surface area (Å²) in [6.45, 7) is 6.00. The first kappa shape index (κ1) is 14.8. The van der Waals surface area contributed by atoms with E-state index in [9.17, 15) is 4.39 Å². The number of halogens is 2. The highest BCUT2D eigenvalue weighted by Crippen LogP contribution is 2.25. The monoisotopic (exact) mass is 285 g/mol. The van der Waals surface area contributed by atoms with E-state index in [1.165, 1.54) is 6.07 Å². The Kier molecular flexibility index (Phi) is 5.20. The highest BCUT2D eigenvalue weighted by molar-refractivity contribution is 6.30. The van der Waals surface area contributed by atoms with Crippen LogP contribution in [0.3, 0.4) is 0 Å². The first-order valence-electron chi connectivity index (χ1n) is 6.90. The summed E-state index contributed by atoms with van der Waals surface area (Å²) in [4.78, 5) is 0. The van der Waals surface area contributed by atoms with Crippen LogP contribution in [0, 0.1) is 11.7 Å². The quantitative estimate of drug-likeness (QED) is 0.895. The van der Waals surface area contributed by atoms with Crippen LogP contribution in [0.4, 0.5) is 4.39 Å². The van der Waals surface area contributed by atoms with Crippen molar-refractivity contribution in [2.24, 2.45) is 5.92 Å². The number of hydrogen-bond acceptors (Lipinski definition) is 2. The van der Waals surface area contributed by atoms with E-state index in [2.05, 4.69) is 19.2 Å². The lowest BCUT2D eigenvalue weighted by Crippen LogP contribution is -2.43. The Morgan fingerprint density at radius 3 is 2.89 bits per heavy atom. The molecule has 0 amide bonds. The summed E-state index contributed by atoms with van der Waals surface area (Å²) in [6.07, 6.45) is 2.07. The summed E-state index contributed by atoms with van der Waals surface area (Å²) in [5.41, 5.74) is 0.954. The predicted molar refractivity (Wildman–Crippen MR) is 76.1 cm³/mol. The molecule has 1 heterocycles. The molecule has 4 heteroatoms. The molecule has 0 aliphatic carbocycles. The van der Waals surface area contributed by atoms with Gasteiger partial charge in [0.15, 0.2) is 0 Å². The van der Waals surface area contributed by atoms with E-state index in [1.807, 2.05) is 6.07 Å². The van der Waals surface area contributed by atoms with Crippen molar-refractivity contribution in [3.63, 3.8) is 0 Å². The fraction of sp³-hybridized carbons (Fsp3) is 0.600. The average Bonchev–Trinajstić information content (AvgIpc) is 2.79. The van der Waals surface area contributed by atoms with Gasteiger partial charge in [0.2, 0.25) is 0 Å². The number of hydrogen-bond donors (Lipinski definition) is 1. The Hall–Kier alpha value is -0.640. The highest BCUT2D eigenvalue weighted by Gasteiger charge is 2.31. The summed E-state index contributed by atoms with van der Waals surface area (Å²) >= 11 is 5.71. The number of rotatable bonds is 5. The van der Waals surface area contributed by atoms with Gasteiger partial charge in [0.1, 0.15) is 5.82 Å². The van der Waals surface area contributed by atoms with E-state index in [4.69, 9.17) is 16.3 Å². The normalized spacial score (nSPS) is 24.6. The van der Waals surface area contributed by atoms with E-state index in [0.717, 1.165) is 31.6 Å². The summed E-state index contributed by atoms with van der Waals surface area (Å²) in [5.74, 6) is 0.191. The minimum Gasteiger partial charge on any atom is -0.376 e. The molecule has 1 fully saturated rings. The average molecular weight is 286 g/mol. The number of nitrogens with one attached hydrogen (secondary N) is 1. The minimum absolute atomic E-state index is 0.175. The number of ether oxygens (including phenoxy) is 1. The zero-order chi connectivity index (χ0) is 13.8. The Bertz CT molecular complexity index is 427. The second-order valence-electron chi connectivity index (χ2n) is 5.22. The second kappa shape index (κ2) is 6.69. The van der Waals surface area contributed by atoms with Crippen LogP contribution in [0.25, 0.3) is 0 Å². The van der Waals surface area contributed by atoms with Crippen molar-refractivity contribution in [1.29, 1.82) is 0 Å². The highest BCUT2D eigenvalue weighted by atomic mass is 35.5. The van der Waals surface area contributed by atoms with Crippen LogP contribution in [0.2, 0.25) is 5.02 Å². The molecule has 3 unspecified atom stereocenters. The van der Waals surface area contributed by atoms with E-state index >= 15 is 0 Å². The van der Waals surface area contributed by atoms with Gasteiger partial charge >= 0.3 is 0 Å². The number of benzene rings is 1. The van der Waals surface area contributed by atoms with Gasteiger partial charge in [-0.2, -0.15) is 0 Å². The van der Waals surface area contributed by atoms with Gasteiger partial charge in [0.25, 0.3) is 0 Å². The van der Waals surface area contributed by atoms with Gasteiger partial charge in [-0.3, -0.25) is 0 Å². The maximum Gasteiger partial charge on any atom is 0.142 e. The first-order chi connectivity index (χ1) is 9.11. The Labute approximate surface area is 119 Å². The molecule has 1 aliphatic rings. The van der Waals surface area contributed by atoms with Crippen molar-refractivity contribution in [3.8, 4) is 0 Å². The molecule has 19 heavy (non-hydrogen) atoms. The Balaban J connectivity index is 2.09. The molecule has 0 spiro atoms. The third-order valence-corrected chi connectivity index (χ3v) is 4.05. The van der Waals surface area contributed by atoms with Crippen molar-refractivity contribution in [3.05, 3.63) is 34.6 Å². The summed E-state index contributed by atoms with van der Waals surface area (Å²) in [6, 6.07) is 5.25. The minimum atomic E-state index is -0.352. The molecular weight excluding hydrogens is 265 g/mol. The molecule has 0 bridgehead atoms. The van der Waals surface area contributed by atoms with Crippen LogP contribution in [-0.4, -0.2) is 25.3 Å². The van der Waals surface area contributed by atoms with E-state index in [-0.39, 0.29) is 23.0 Å². The second-order valence-corrected chi connectivity index (χ2v) is 5.63. The molecule has 1 saturated heterocycles. The molecule has 106 valence electrons. The molecule has 2 rings (SSSR count). The Morgan fingerprint density at radius 1 is 1.53 bits per heavy atom. The van der Waals surface area contributed by atoms with Crippen molar-refractivity contribution in [2.45, 2.75) is 38.8 Å². The lowest BCUT2D eigenvalue weighted by atomic mass is 9.93. The molecule has 3 atom stereocenters. The van der Waals surface area contributed by atoms with Gasteiger partial charge in [-0.25, -0.2) is 4.39 Å². The molecule has 2 nitrogen and oxygen atoms in total. The first-order valence-corrected chi connectivity index (χ1v) is 7.28. The van der Waals surface area contributed by atoms with Crippen molar-refractivity contribution >= 4 is 11.6 Å². The Morgan fingerprint density at radius 2 is 2.32 bits per heavy atom. The summed E-state index contributed by atoms with van der Waals surface area (Å²) in [7, 11) is 0. The SMILES string of the molecule is CCNC(Cc1ccc(Cl)c(F)c1)C1OCCC1C. The third kappa shape index (κ3) is 3.68. The van der Waals surface area contributed by atoms with Gasteiger partial charge in [0, 0.05) is 12.6 Å². The topological polar surface area (TPSA) is 21.3 Å². The van der Waals surface area contributed by atoms with Crippen LogP contribution in [0.15, 0.2) is 18.2 Å². The largest absolute Gasteiger partial charge is 0.376 e. The molecule has 1 aliphatic heterocycles. The molecule has 0 aromatic heterocycles. The van der Waals surface area contributed by atoms with Crippen LogP contribution in [0.1, 0.15) is 25.8 Å². The zero-order valence-electron chi connectivity index (χ0n) is 11.5. The maximum atomic E-state index is 13.5. The van der Waals surface area contributed by atoms with Gasteiger partial charge < -0.3 is 10.1 Å². The molecule has 1 aromatic rings. The molecular formula is C15H21ClFNO. The van der Waals surface area contributed by atoms with Crippen molar-refractivity contribution in [1.82, 2.24) is 5.32 Å². The number of likely N-dealkylation sites (N-methyl/N-ethyl adjacent to an activating group) is 1. The fourth-order valence-corrected chi connectivity index (χ4v) is 2.84. The summed E-state index contributed by atoms with van der Waals surface area (Å²) in [5, 5.41) is 3.63. The molecule has 1 aromatic carbocycles. The van der Waals surface area contributed by atoms with Crippen LogP contribution < -0.4 is 5.32 Å². The smallest absolute Gasteiger partial charge is 0.142 e. The fourth-order valence-electron chi connectivity index (χ4n) is 2.72. The van der Waals surface area contributed by atoms with Crippen molar-refractivity contribution in [2.75, 3.05) is 13.2 Å². The lowest BCUT2D eigenvalue weighted by molar-refractivity contribution is 0.0615. The van der Waals surface area contributed by atoms with Gasteiger partial charge in [-0.1, -0.05) is 31.5 Å². The molecule has 0 radical (unpaired) electrons. The predicted octanol–water partition coefficient (Wildman–Crippen LogP) is 3.42. The molecule has 0 saturated carbocycles. The van der Waals surface area contributed by atoms with Crippen LogP contribution in [-0.2, 0) is 11.2 Å². The zero-order valence-corrected chi connectivity index (χ0v) is 12.2. The molecule has 1 N–H and O–H groups in total. The standard InChI is InChI=1S/C15H21ClFNO/c1-3-18-14(15-10(2)6-7-19-15)9-11-4-5-12(16)13(17)8-11/h4-5,8,10,14-15,18H,3,6-7,9H2,1-2H3. The van der Waals surface area contributed by atoms with E-state index in [0.29, 0.717) is 5.92 Å². The van der Waals surface area contributed by atoms with E-state index < -0.39 is 0 Å². The van der Waals surface area contributed by atoms with Crippen LogP contribution >= 0.6 is 11.6 Å². The van der Waals surface area contributed by atoms with Gasteiger partial charge in [-0.15, -0.1) is 0 Å². The lowest BCUT2D eigenvalue weighted by Gasteiger charge is -2.27. The van der Waals surface area contributed by atoms with E-state index in [1.54, 1.807) is 6.07 Å². The maximum absolute atomic E-state index is 13.5.